The van der Waals surface area contributed by atoms with E-state index in [0.29, 0.717) is 0 Å². The number of hydrogen-bond donors (Lipinski definition) is 1. The topological polar surface area (TPSA) is 23.5 Å². The van der Waals surface area contributed by atoms with E-state index in [9.17, 15) is 5.11 Å². The van der Waals surface area contributed by atoms with Crippen LogP contribution >= 0.6 is 0 Å². The van der Waals surface area contributed by atoms with Gasteiger partial charge in [-0.2, -0.15) is 0 Å². The Morgan fingerprint density at radius 1 is 0.704 bits per heavy atom. The molecule has 0 radical (unpaired) electrons. The average molecular weight is 360 g/mol. The molecule has 3 rings (SSSR count). The molecule has 2 heteroatoms. The van der Waals surface area contributed by atoms with E-state index in [0.717, 1.165) is 36.3 Å². The summed E-state index contributed by atoms with van der Waals surface area (Å²) in [4.78, 5) is 2.38. The van der Waals surface area contributed by atoms with Gasteiger partial charge in [0.2, 0.25) is 0 Å². The maximum atomic E-state index is 12.3. The van der Waals surface area contributed by atoms with Crippen LogP contribution < -0.4 is 0 Å². The SMILES string of the molecule is CCN(CC)C[C@@H](c1ccccc1)C(O)(c1ccccc1)c1ccccc1. The van der Waals surface area contributed by atoms with Gasteiger partial charge < -0.3 is 10.0 Å². The lowest BCUT2D eigenvalue weighted by atomic mass is 9.72. The van der Waals surface area contributed by atoms with Crippen LogP contribution in [0, 0.1) is 0 Å². The van der Waals surface area contributed by atoms with E-state index in [1.807, 2.05) is 66.7 Å². The molecule has 0 spiro atoms. The van der Waals surface area contributed by atoms with Crippen LogP contribution in [0.3, 0.4) is 0 Å². The molecule has 2 nitrogen and oxygen atoms in total. The van der Waals surface area contributed by atoms with Crippen LogP contribution in [0.4, 0.5) is 0 Å². The van der Waals surface area contributed by atoms with Gasteiger partial charge in [-0.25, -0.2) is 0 Å². The first-order valence-corrected chi connectivity index (χ1v) is 9.80. The van der Waals surface area contributed by atoms with Crippen molar-refractivity contribution in [2.75, 3.05) is 19.6 Å². The van der Waals surface area contributed by atoms with Crippen molar-refractivity contribution < 1.29 is 5.11 Å². The molecule has 0 saturated carbocycles. The molecule has 1 atom stereocenters. The van der Waals surface area contributed by atoms with Crippen LogP contribution in [-0.2, 0) is 5.60 Å². The van der Waals surface area contributed by atoms with Gasteiger partial charge in [0.25, 0.3) is 0 Å². The van der Waals surface area contributed by atoms with Gasteiger partial charge in [-0.05, 0) is 29.8 Å². The molecule has 3 aromatic carbocycles. The zero-order chi connectivity index (χ0) is 19.1. The molecule has 0 aliphatic heterocycles. The molecule has 0 unspecified atom stereocenters. The fraction of sp³-hybridized carbons (Fsp3) is 0.280. The average Bonchev–Trinajstić information content (AvgIpc) is 2.76. The minimum absolute atomic E-state index is 0.0802. The van der Waals surface area contributed by atoms with E-state index in [-0.39, 0.29) is 5.92 Å². The Morgan fingerprint density at radius 2 is 1.11 bits per heavy atom. The summed E-state index contributed by atoms with van der Waals surface area (Å²) in [6.45, 7) is 7.06. The Morgan fingerprint density at radius 3 is 1.52 bits per heavy atom. The Balaban J connectivity index is 2.19. The van der Waals surface area contributed by atoms with Gasteiger partial charge in [-0.15, -0.1) is 0 Å². The van der Waals surface area contributed by atoms with E-state index in [4.69, 9.17) is 0 Å². The second-order valence-electron chi connectivity index (χ2n) is 6.95. The molecule has 0 saturated heterocycles. The summed E-state index contributed by atoms with van der Waals surface area (Å²) in [5.41, 5.74) is 1.90. The van der Waals surface area contributed by atoms with Crippen molar-refractivity contribution in [1.29, 1.82) is 0 Å². The van der Waals surface area contributed by atoms with Gasteiger partial charge in [0.1, 0.15) is 5.60 Å². The van der Waals surface area contributed by atoms with Crippen molar-refractivity contribution >= 4 is 0 Å². The fourth-order valence-electron chi connectivity index (χ4n) is 3.86. The third kappa shape index (κ3) is 4.13. The first kappa shape index (κ1) is 19.3. The number of nitrogens with zero attached hydrogens (tertiary/aromatic N) is 1. The molecular weight excluding hydrogens is 330 g/mol. The van der Waals surface area contributed by atoms with E-state index in [1.165, 1.54) is 0 Å². The molecule has 140 valence electrons. The normalized spacial score (nSPS) is 12.9. The van der Waals surface area contributed by atoms with Crippen molar-refractivity contribution in [3.05, 3.63) is 108 Å². The van der Waals surface area contributed by atoms with Gasteiger partial charge in [-0.1, -0.05) is 105 Å². The predicted octanol–water partition coefficient (Wildman–Crippen LogP) is 5.05. The summed E-state index contributed by atoms with van der Waals surface area (Å²) in [6.07, 6.45) is 0. The standard InChI is InChI=1S/C25H29NO/c1-3-26(4-2)20-24(21-14-8-5-9-15-21)25(27,22-16-10-6-11-17-22)23-18-12-7-13-19-23/h5-19,24,27H,3-4,20H2,1-2H3/t24-/m0/s1. The molecule has 0 amide bonds. The lowest BCUT2D eigenvalue weighted by Crippen LogP contribution is -2.42. The molecule has 0 aliphatic rings. The number of benzene rings is 3. The van der Waals surface area contributed by atoms with E-state index >= 15 is 0 Å². The zero-order valence-electron chi connectivity index (χ0n) is 16.3. The molecule has 0 fully saturated rings. The Kier molecular flexibility index (Phi) is 6.44. The van der Waals surface area contributed by atoms with Crippen molar-refractivity contribution in [1.82, 2.24) is 4.90 Å². The number of aliphatic hydroxyl groups is 1. The third-order valence-corrected chi connectivity index (χ3v) is 5.47. The van der Waals surface area contributed by atoms with E-state index in [2.05, 4.69) is 43.0 Å². The number of rotatable bonds is 8. The minimum atomic E-state index is -1.10. The second-order valence-corrected chi connectivity index (χ2v) is 6.95. The summed E-state index contributed by atoms with van der Waals surface area (Å²) in [6, 6.07) is 30.5. The van der Waals surface area contributed by atoms with Gasteiger partial charge in [0.05, 0.1) is 0 Å². The van der Waals surface area contributed by atoms with Gasteiger partial charge in [0, 0.05) is 12.5 Å². The molecule has 0 bridgehead atoms. The zero-order valence-corrected chi connectivity index (χ0v) is 16.3. The highest BCUT2D eigenvalue weighted by Crippen LogP contribution is 2.43. The quantitative estimate of drug-likeness (QED) is 0.608. The summed E-state index contributed by atoms with van der Waals surface area (Å²) >= 11 is 0. The van der Waals surface area contributed by atoms with Crippen LogP contribution in [0.2, 0.25) is 0 Å². The lowest BCUT2D eigenvalue weighted by molar-refractivity contribution is 0.0350. The van der Waals surface area contributed by atoms with Crippen LogP contribution in [0.15, 0.2) is 91.0 Å². The predicted molar refractivity (Wildman–Crippen MR) is 113 cm³/mol. The van der Waals surface area contributed by atoms with E-state index in [1.54, 1.807) is 0 Å². The smallest absolute Gasteiger partial charge is 0.123 e. The second kappa shape index (κ2) is 8.98. The monoisotopic (exact) mass is 359 g/mol. The molecule has 0 heterocycles. The van der Waals surface area contributed by atoms with Crippen molar-refractivity contribution in [3.63, 3.8) is 0 Å². The summed E-state index contributed by atoms with van der Waals surface area (Å²) in [5, 5.41) is 12.3. The highest BCUT2D eigenvalue weighted by atomic mass is 16.3. The summed E-state index contributed by atoms with van der Waals surface area (Å²) < 4.78 is 0. The Bertz CT molecular complexity index is 758. The van der Waals surface area contributed by atoms with Gasteiger partial charge in [-0.3, -0.25) is 0 Å². The maximum Gasteiger partial charge on any atom is 0.123 e. The minimum Gasteiger partial charge on any atom is -0.380 e. The van der Waals surface area contributed by atoms with Crippen LogP contribution in [0.1, 0.15) is 36.5 Å². The van der Waals surface area contributed by atoms with Crippen LogP contribution in [0.5, 0.6) is 0 Å². The molecule has 0 aliphatic carbocycles. The van der Waals surface area contributed by atoms with Crippen molar-refractivity contribution in [2.24, 2.45) is 0 Å². The van der Waals surface area contributed by atoms with Crippen molar-refractivity contribution in [2.45, 2.75) is 25.4 Å². The Hall–Kier alpha value is -2.42. The summed E-state index contributed by atoms with van der Waals surface area (Å²) in [5.74, 6) is -0.0802. The molecule has 27 heavy (non-hydrogen) atoms. The van der Waals surface area contributed by atoms with Crippen LogP contribution in [-0.4, -0.2) is 29.6 Å². The fourth-order valence-corrected chi connectivity index (χ4v) is 3.86. The largest absolute Gasteiger partial charge is 0.380 e. The van der Waals surface area contributed by atoms with Gasteiger partial charge >= 0.3 is 0 Å². The highest BCUT2D eigenvalue weighted by Gasteiger charge is 2.41. The first-order valence-electron chi connectivity index (χ1n) is 9.80. The molecule has 0 aromatic heterocycles. The van der Waals surface area contributed by atoms with Crippen LogP contribution in [0.25, 0.3) is 0 Å². The number of hydrogen-bond acceptors (Lipinski definition) is 2. The highest BCUT2D eigenvalue weighted by molar-refractivity contribution is 5.42. The maximum absolute atomic E-state index is 12.3. The Labute approximate surface area is 163 Å². The van der Waals surface area contributed by atoms with Gasteiger partial charge in [0.15, 0.2) is 0 Å². The molecule has 3 aromatic rings. The molecule has 1 N–H and O–H groups in total. The first-order chi connectivity index (χ1) is 13.2. The number of likely N-dealkylation sites (N-methyl/N-ethyl adjacent to an activating group) is 1. The molecular formula is C25H29NO. The third-order valence-electron chi connectivity index (χ3n) is 5.47. The van der Waals surface area contributed by atoms with E-state index < -0.39 is 5.60 Å². The summed E-state index contributed by atoms with van der Waals surface area (Å²) in [7, 11) is 0. The van der Waals surface area contributed by atoms with Crippen molar-refractivity contribution in [3.8, 4) is 0 Å². The lowest BCUT2D eigenvalue weighted by Gasteiger charge is -2.40.